The van der Waals surface area contributed by atoms with Crippen molar-refractivity contribution in [3.05, 3.63) is 70.8 Å². The minimum absolute atomic E-state index is 0.169. The van der Waals surface area contributed by atoms with Gasteiger partial charge in [-0.15, -0.1) is 0 Å². The molecule has 0 spiro atoms. The van der Waals surface area contributed by atoms with E-state index in [1.165, 1.54) is 4.90 Å². The maximum absolute atomic E-state index is 12.4. The molecule has 3 rings (SSSR count). The van der Waals surface area contributed by atoms with E-state index >= 15 is 0 Å². The van der Waals surface area contributed by atoms with Crippen LogP contribution in [0.2, 0.25) is 0 Å². The van der Waals surface area contributed by atoms with Crippen LogP contribution in [0, 0.1) is 11.8 Å². The van der Waals surface area contributed by atoms with E-state index in [9.17, 15) is 9.59 Å². The number of hydrogen-bond donors (Lipinski definition) is 1. The van der Waals surface area contributed by atoms with Crippen molar-refractivity contribution < 1.29 is 14.7 Å². The molecule has 1 heterocycles. The van der Waals surface area contributed by atoms with Crippen molar-refractivity contribution in [1.29, 1.82) is 0 Å². The molecule has 2 aromatic carbocycles. The summed E-state index contributed by atoms with van der Waals surface area (Å²) in [5.74, 6) is 4.85. The van der Waals surface area contributed by atoms with Crippen molar-refractivity contribution in [2.24, 2.45) is 0 Å². The van der Waals surface area contributed by atoms with Crippen LogP contribution in [-0.2, 0) is 6.54 Å². The Balaban J connectivity index is 1.93. The number of nitrogens with zero attached hydrogens (tertiary/aromatic N) is 1. The Kier molecular flexibility index (Phi) is 3.73. The first-order valence-corrected chi connectivity index (χ1v) is 6.85. The Hall–Kier alpha value is -2.90. The number of rotatable bonds is 2. The van der Waals surface area contributed by atoms with Crippen LogP contribution >= 0.6 is 0 Å². The lowest BCUT2D eigenvalue weighted by molar-refractivity contribution is 0.0642. The normalized spacial score (nSPS) is 12.9. The highest BCUT2D eigenvalue weighted by Gasteiger charge is 2.35. The molecule has 108 valence electrons. The second-order valence-electron chi connectivity index (χ2n) is 4.86. The predicted molar refractivity (Wildman–Crippen MR) is 81.1 cm³/mol. The van der Waals surface area contributed by atoms with Crippen LogP contribution in [0.3, 0.4) is 0 Å². The van der Waals surface area contributed by atoms with E-state index in [1.54, 1.807) is 30.3 Å². The average molecular weight is 291 g/mol. The molecule has 22 heavy (non-hydrogen) atoms. The van der Waals surface area contributed by atoms with Gasteiger partial charge in [0.15, 0.2) is 0 Å². The zero-order valence-electron chi connectivity index (χ0n) is 11.7. The molecule has 0 aromatic heterocycles. The number of hydrogen-bond acceptors (Lipinski definition) is 3. The minimum Gasteiger partial charge on any atom is -0.384 e. The Morgan fingerprint density at radius 3 is 2.14 bits per heavy atom. The van der Waals surface area contributed by atoms with Gasteiger partial charge in [0.25, 0.3) is 11.8 Å². The second-order valence-corrected chi connectivity index (χ2v) is 4.86. The number of benzene rings is 2. The van der Waals surface area contributed by atoms with Crippen molar-refractivity contribution in [3.8, 4) is 11.8 Å². The highest BCUT2D eigenvalue weighted by atomic mass is 16.2. The van der Waals surface area contributed by atoms with Gasteiger partial charge in [-0.05, 0) is 23.8 Å². The smallest absolute Gasteiger partial charge is 0.261 e. The van der Waals surface area contributed by atoms with Crippen molar-refractivity contribution >= 4 is 11.8 Å². The van der Waals surface area contributed by atoms with E-state index in [1.807, 2.05) is 18.2 Å². The summed E-state index contributed by atoms with van der Waals surface area (Å²) in [5, 5.41) is 8.81. The molecule has 1 N–H and O–H groups in total. The van der Waals surface area contributed by atoms with Gasteiger partial charge >= 0.3 is 0 Å². The third-order valence-corrected chi connectivity index (χ3v) is 3.53. The summed E-state index contributed by atoms with van der Waals surface area (Å²) in [4.78, 5) is 26.0. The monoisotopic (exact) mass is 291 g/mol. The number of carbonyl (C=O) groups is 2. The van der Waals surface area contributed by atoms with Crippen molar-refractivity contribution in [2.45, 2.75) is 6.54 Å². The summed E-state index contributed by atoms with van der Waals surface area (Å²) in [6.45, 7) is -0.0655. The van der Waals surface area contributed by atoms with Gasteiger partial charge in [-0.1, -0.05) is 42.2 Å². The molecule has 0 saturated carbocycles. The van der Waals surface area contributed by atoms with Gasteiger partial charge in [0.05, 0.1) is 17.7 Å². The molecule has 4 nitrogen and oxygen atoms in total. The van der Waals surface area contributed by atoms with Crippen LogP contribution in [0.4, 0.5) is 0 Å². The van der Waals surface area contributed by atoms with Crippen molar-refractivity contribution in [2.75, 3.05) is 6.61 Å². The largest absolute Gasteiger partial charge is 0.384 e. The molecule has 4 heteroatoms. The van der Waals surface area contributed by atoms with Crippen molar-refractivity contribution in [1.82, 2.24) is 4.90 Å². The molecule has 2 amide bonds. The van der Waals surface area contributed by atoms with Gasteiger partial charge in [-0.2, -0.15) is 0 Å². The molecule has 1 aliphatic rings. The average Bonchev–Trinajstić information content (AvgIpc) is 2.79. The van der Waals surface area contributed by atoms with Gasteiger partial charge < -0.3 is 5.11 Å². The fraction of sp³-hybridized carbons (Fsp3) is 0.111. The van der Waals surface area contributed by atoms with Crippen LogP contribution < -0.4 is 0 Å². The van der Waals surface area contributed by atoms with E-state index < -0.39 is 0 Å². The SMILES string of the molecule is O=C1c2ccccc2C(=O)N1Cc1ccccc1C#CCO. The van der Waals surface area contributed by atoms with Crippen LogP contribution in [0.5, 0.6) is 0 Å². The van der Waals surface area contributed by atoms with Crippen LogP contribution in [0.15, 0.2) is 48.5 Å². The summed E-state index contributed by atoms with van der Waals surface area (Å²) in [6.07, 6.45) is 0. The van der Waals surface area contributed by atoms with E-state index in [0.29, 0.717) is 16.7 Å². The highest BCUT2D eigenvalue weighted by Crippen LogP contribution is 2.24. The molecule has 0 saturated heterocycles. The number of carbonyl (C=O) groups excluding carboxylic acids is 2. The topological polar surface area (TPSA) is 57.6 Å². The summed E-state index contributed by atoms with van der Waals surface area (Å²) < 4.78 is 0. The van der Waals surface area contributed by atoms with Crippen molar-refractivity contribution in [3.63, 3.8) is 0 Å². The Morgan fingerprint density at radius 2 is 1.50 bits per heavy atom. The summed E-state index contributed by atoms with van der Waals surface area (Å²) >= 11 is 0. The van der Waals surface area contributed by atoms with Gasteiger partial charge in [-0.25, -0.2) is 0 Å². The van der Waals surface area contributed by atoms with Gasteiger partial charge in [-0.3, -0.25) is 14.5 Å². The highest BCUT2D eigenvalue weighted by molar-refractivity contribution is 6.21. The summed E-state index contributed by atoms with van der Waals surface area (Å²) in [7, 11) is 0. The third-order valence-electron chi connectivity index (χ3n) is 3.53. The zero-order valence-corrected chi connectivity index (χ0v) is 11.7. The molecular formula is C18H13NO3. The Morgan fingerprint density at radius 1 is 0.909 bits per heavy atom. The van der Waals surface area contributed by atoms with E-state index in [2.05, 4.69) is 11.8 Å². The quantitative estimate of drug-likeness (QED) is 0.678. The maximum Gasteiger partial charge on any atom is 0.261 e. The molecule has 0 bridgehead atoms. The third kappa shape index (κ3) is 2.39. The lowest BCUT2D eigenvalue weighted by Gasteiger charge is -2.15. The Labute approximate surface area is 128 Å². The first-order chi connectivity index (χ1) is 10.7. The maximum atomic E-state index is 12.4. The van der Waals surface area contributed by atoms with E-state index in [0.717, 1.165) is 5.56 Å². The number of amides is 2. The summed E-state index contributed by atoms with van der Waals surface area (Å²) in [6, 6.07) is 14.1. The minimum atomic E-state index is -0.287. The van der Waals surface area contributed by atoms with Crippen LogP contribution in [0.1, 0.15) is 31.8 Å². The Bertz CT molecular complexity index is 779. The van der Waals surface area contributed by atoms with Gasteiger partial charge in [0.2, 0.25) is 0 Å². The van der Waals surface area contributed by atoms with E-state index in [4.69, 9.17) is 5.11 Å². The molecule has 0 unspecified atom stereocenters. The number of fused-ring (bicyclic) bond motifs is 1. The molecule has 0 aliphatic carbocycles. The predicted octanol–water partition coefficient (Wildman–Crippen LogP) is 1.83. The molecule has 1 aliphatic heterocycles. The molecule has 0 fully saturated rings. The van der Waals surface area contributed by atoms with Gasteiger partial charge in [0.1, 0.15) is 6.61 Å². The van der Waals surface area contributed by atoms with E-state index in [-0.39, 0.29) is 25.0 Å². The lowest BCUT2D eigenvalue weighted by Crippen LogP contribution is -2.29. The zero-order chi connectivity index (χ0) is 15.5. The first kappa shape index (κ1) is 14.1. The second kappa shape index (κ2) is 5.84. The molecule has 0 atom stereocenters. The molecule has 2 aromatic rings. The number of aliphatic hydroxyl groups excluding tert-OH is 1. The standard InChI is InChI=1S/C18H13NO3/c20-11-5-8-13-6-1-2-7-14(13)12-19-17(21)15-9-3-4-10-16(15)18(19)22/h1-4,6-7,9-10,20H,11-12H2. The first-order valence-electron chi connectivity index (χ1n) is 6.85. The fourth-order valence-corrected chi connectivity index (χ4v) is 2.47. The number of imide groups is 1. The fourth-order valence-electron chi connectivity index (χ4n) is 2.47. The summed E-state index contributed by atoms with van der Waals surface area (Å²) in [5.41, 5.74) is 2.35. The van der Waals surface area contributed by atoms with Crippen LogP contribution in [0.25, 0.3) is 0 Å². The lowest BCUT2D eigenvalue weighted by atomic mass is 10.1. The molecule has 0 radical (unpaired) electrons. The van der Waals surface area contributed by atoms with Gasteiger partial charge in [0, 0.05) is 5.56 Å². The number of aliphatic hydroxyl groups is 1. The molecular weight excluding hydrogens is 278 g/mol. The van der Waals surface area contributed by atoms with Crippen LogP contribution in [-0.4, -0.2) is 28.4 Å².